The molecule has 4 atom stereocenters. The monoisotopic (exact) mass is 334 g/mol. The molecular formula is C21H34O3. The summed E-state index contributed by atoms with van der Waals surface area (Å²) in [5.74, 6) is 0. The molecule has 1 aliphatic heterocycles. The predicted octanol–water partition coefficient (Wildman–Crippen LogP) is 4.45. The van der Waals surface area contributed by atoms with E-state index in [0.717, 1.165) is 36.8 Å². The Morgan fingerprint density at radius 1 is 1.33 bits per heavy atom. The van der Waals surface area contributed by atoms with Crippen LogP contribution in [0.1, 0.15) is 73.1 Å². The van der Waals surface area contributed by atoms with Gasteiger partial charge >= 0.3 is 0 Å². The van der Waals surface area contributed by atoms with Gasteiger partial charge in [-0.15, -0.1) is 0 Å². The molecule has 24 heavy (non-hydrogen) atoms. The molecule has 0 amide bonds. The van der Waals surface area contributed by atoms with Crippen molar-refractivity contribution in [2.45, 2.75) is 96.6 Å². The topological polar surface area (TPSA) is 53.0 Å². The van der Waals surface area contributed by atoms with E-state index in [2.05, 4.69) is 26.0 Å². The second-order valence-electron chi connectivity index (χ2n) is 8.00. The molecule has 1 fully saturated rings. The lowest BCUT2D eigenvalue weighted by Crippen LogP contribution is -2.28. The summed E-state index contributed by atoms with van der Waals surface area (Å²) in [5.41, 5.74) is 2.29. The minimum Gasteiger partial charge on any atom is -0.388 e. The molecule has 1 saturated heterocycles. The fourth-order valence-corrected chi connectivity index (χ4v) is 3.35. The molecule has 2 aliphatic rings. The van der Waals surface area contributed by atoms with Gasteiger partial charge in [-0.1, -0.05) is 30.7 Å². The van der Waals surface area contributed by atoms with Crippen LogP contribution < -0.4 is 0 Å². The van der Waals surface area contributed by atoms with Gasteiger partial charge in [0.25, 0.3) is 0 Å². The van der Waals surface area contributed by atoms with Crippen LogP contribution in [0.3, 0.4) is 0 Å². The van der Waals surface area contributed by atoms with Crippen LogP contribution in [0.4, 0.5) is 0 Å². The Morgan fingerprint density at radius 2 is 2.04 bits per heavy atom. The van der Waals surface area contributed by atoms with Gasteiger partial charge in [0.1, 0.15) is 0 Å². The smallest absolute Gasteiger partial charge is 0.0923 e. The van der Waals surface area contributed by atoms with Gasteiger partial charge in [0, 0.05) is 6.42 Å². The van der Waals surface area contributed by atoms with Gasteiger partial charge < -0.3 is 14.9 Å². The quantitative estimate of drug-likeness (QED) is 0.579. The highest BCUT2D eigenvalue weighted by atomic mass is 16.6. The number of allylic oxidation sites excluding steroid dienone is 4. The van der Waals surface area contributed by atoms with Crippen molar-refractivity contribution in [2.24, 2.45) is 0 Å². The van der Waals surface area contributed by atoms with E-state index in [1.165, 1.54) is 5.57 Å². The van der Waals surface area contributed by atoms with Crippen molar-refractivity contribution in [1.82, 2.24) is 0 Å². The number of hydrogen-bond acceptors (Lipinski definition) is 3. The summed E-state index contributed by atoms with van der Waals surface area (Å²) in [5, 5.41) is 21.2. The molecule has 3 nitrogen and oxygen atoms in total. The maximum Gasteiger partial charge on any atom is 0.0923 e. The van der Waals surface area contributed by atoms with Crippen LogP contribution in [-0.4, -0.2) is 33.6 Å². The molecule has 0 bridgehead atoms. The second-order valence-corrected chi connectivity index (χ2v) is 8.00. The van der Waals surface area contributed by atoms with E-state index in [4.69, 9.17) is 4.74 Å². The average molecular weight is 334 g/mol. The highest BCUT2D eigenvalue weighted by molar-refractivity contribution is 5.26. The van der Waals surface area contributed by atoms with Crippen molar-refractivity contribution in [1.29, 1.82) is 0 Å². The van der Waals surface area contributed by atoms with Crippen LogP contribution in [0.5, 0.6) is 0 Å². The number of aliphatic hydroxyl groups excluding tert-OH is 1. The number of ether oxygens (including phenoxy) is 1. The van der Waals surface area contributed by atoms with Gasteiger partial charge in [0.2, 0.25) is 0 Å². The van der Waals surface area contributed by atoms with Crippen LogP contribution in [0.25, 0.3) is 0 Å². The van der Waals surface area contributed by atoms with E-state index in [9.17, 15) is 10.2 Å². The Labute approximate surface area is 147 Å². The summed E-state index contributed by atoms with van der Waals surface area (Å²) in [6, 6.07) is 0. The Balaban J connectivity index is 2.26. The molecule has 1 heterocycles. The third kappa shape index (κ3) is 4.81. The van der Waals surface area contributed by atoms with E-state index in [0.29, 0.717) is 18.9 Å². The van der Waals surface area contributed by atoms with Gasteiger partial charge in [-0.2, -0.15) is 0 Å². The number of rotatable bonds is 2. The fraction of sp³-hybridized carbons (Fsp3) is 0.714. The van der Waals surface area contributed by atoms with Crippen LogP contribution in [-0.2, 0) is 4.74 Å². The van der Waals surface area contributed by atoms with E-state index in [-0.39, 0.29) is 5.60 Å². The number of fused-ring (bicyclic) bond motifs is 1. The van der Waals surface area contributed by atoms with Gasteiger partial charge in [-0.3, -0.25) is 0 Å². The van der Waals surface area contributed by atoms with Crippen molar-refractivity contribution in [2.75, 3.05) is 0 Å². The van der Waals surface area contributed by atoms with Crippen molar-refractivity contribution in [3.8, 4) is 0 Å². The Hall–Kier alpha value is -0.900. The van der Waals surface area contributed by atoms with E-state index >= 15 is 0 Å². The molecule has 1 aliphatic carbocycles. The number of aliphatic hydroxyl groups is 2. The van der Waals surface area contributed by atoms with Crippen LogP contribution in [0.2, 0.25) is 0 Å². The van der Waals surface area contributed by atoms with Crippen LogP contribution in [0.15, 0.2) is 34.9 Å². The first-order chi connectivity index (χ1) is 11.2. The summed E-state index contributed by atoms with van der Waals surface area (Å²) < 4.78 is 5.91. The molecule has 0 aromatic carbocycles. The predicted molar refractivity (Wildman–Crippen MR) is 98.9 cm³/mol. The molecule has 2 N–H and O–H groups in total. The molecule has 0 aromatic heterocycles. The molecule has 0 spiro atoms. The van der Waals surface area contributed by atoms with Gasteiger partial charge in [0.15, 0.2) is 0 Å². The lowest BCUT2D eigenvalue weighted by molar-refractivity contribution is 0.0819. The number of epoxide rings is 1. The molecular weight excluding hydrogens is 300 g/mol. The van der Waals surface area contributed by atoms with Gasteiger partial charge in [0.05, 0.1) is 23.4 Å². The Kier molecular flexibility index (Phi) is 6.11. The maximum atomic E-state index is 10.7. The molecule has 0 saturated carbocycles. The minimum absolute atomic E-state index is 0.0129. The van der Waals surface area contributed by atoms with Crippen molar-refractivity contribution >= 4 is 0 Å². The maximum absolute atomic E-state index is 10.7. The summed E-state index contributed by atoms with van der Waals surface area (Å²) in [6.45, 7) is 10.1. The molecule has 136 valence electrons. The zero-order chi connectivity index (χ0) is 18.0. The number of hydrogen-bond donors (Lipinski definition) is 2. The largest absolute Gasteiger partial charge is 0.388 e. The molecule has 3 heteroatoms. The fourth-order valence-electron chi connectivity index (χ4n) is 3.35. The van der Waals surface area contributed by atoms with Crippen molar-refractivity contribution in [3.63, 3.8) is 0 Å². The zero-order valence-electron chi connectivity index (χ0n) is 15.9. The van der Waals surface area contributed by atoms with Crippen LogP contribution >= 0.6 is 0 Å². The molecule has 2 rings (SSSR count). The third-order valence-corrected chi connectivity index (χ3v) is 5.83. The highest BCUT2D eigenvalue weighted by Crippen LogP contribution is 2.43. The van der Waals surface area contributed by atoms with Crippen molar-refractivity contribution < 1.29 is 14.9 Å². The lowest BCUT2D eigenvalue weighted by Gasteiger charge is -2.27. The Morgan fingerprint density at radius 3 is 2.71 bits per heavy atom. The SMILES string of the molecule is CCC(C)(O)C1=C/C=C(\C)CCC2OC2(C)CC/C=C(\C)C(O)C1. The Bertz CT molecular complexity index is 541. The standard InChI is InChI=1S/C21H34O3/c1-6-20(4,23)17-11-9-15(2)10-12-19-21(5,24-19)13-7-8-16(3)18(22)14-17/h8-9,11,18-19,22-23H,6-7,10,12-14H2,1-5H3/b15-9+,16-8+,17-11?. The first kappa shape index (κ1) is 19.4. The lowest BCUT2D eigenvalue weighted by atomic mass is 9.86. The first-order valence-corrected chi connectivity index (χ1v) is 9.29. The summed E-state index contributed by atoms with van der Waals surface area (Å²) in [7, 11) is 0. The first-order valence-electron chi connectivity index (χ1n) is 9.29. The van der Waals surface area contributed by atoms with Gasteiger partial charge in [-0.25, -0.2) is 0 Å². The second kappa shape index (κ2) is 7.55. The zero-order valence-corrected chi connectivity index (χ0v) is 15.9. The summed E-state index contributed by atoms with van der Waals surface area (Å²) >= 11 is 0. The summed E-state index contributed by atoms with van der Waals surface area (Å²) in [4.78, 5) is 0. The average Bonchev–Trinajstić information content (AvgIpc) is 3.18. The van der Waals surface area contributed by atoms with Crippen molar-refractivity contribution in [3.05, 3.63) is 34.9 Å². The van der Waals surface area contributed by atoms with Crippen LogP contribution in [0, 0.1) is 0 Å². The highest BCUT2D eigenvalue weighted by Gasteiger charge is 2.50. The van der Waals surface area contributed by atoms with E-state index in [1.807, 2.05) is 26.8 Å². The molecule has 0 radical (unpaired) electrons. The molecule has 4 unspecified atom stereocenters. The minimum atomic E-state index is -0.882. The third-order valence-electron chi connectivity index (χ3n) is 5.83. The van der Waals surface area contributed by atoms with E-state index in [1.54, 1.807) is 0 Å². The molecule has 0 aromatic rings. The van der Waals surface area contributed by atoms with E-state index < -0.39 is 11.7 Å². The summed E-state index contributed by atoms with van der Waals surface area (Å²) in [6.07, 6.45) is 11.1. The normalized spacial score (nSPS) is 39.2. The van der Waals surface area contributed by atoms with Gasteiger partial charge in [-0.05, 0) is 70.9 Å².